The number of hydrogen-bond acceptors (Lipinski definition) is 7. The third-order valence-electron chi connectivity index (χ3n) is 6.43. The van der Waals surface area contributed by atoms with Crippen LogP contribution in [0.3, 0.4) is 0 Å². The Morgan fingerprint density at radius 2 is 1.08 bits per heavy atom. The summed E-state index contributed by atoms with van der Waals surface area (Å²) in [4.78, 5) is 0. The smallest absolute Gasteiger partial charge is 0.333 e. The van der Waals surface area contributed by atoms with Gasteiger partial charge < -0.3 is 28.0 Å². The van der Waals surface area contributed by atoms with E-state index in [0.717, 1.165) is 16.7 Å². The van der Waals surface area contributed by atoms with Crippen molar-refractivity contribution in [1.29, 1.82) is 0 Å². The van der Waals surface area contributed by atoms with Gasteiger partial charge in [-0.15, -0.1) is 0 Å². The summed E-state index contributed by atoms with van der Waals surface area (Å²) in [5.74, 6) is 0. The summed E-state index contributed by atoms with van der Waals surface area (Å²) in [5, 5.41) is 0. The van der Waals surface area contributed by atoms with Crippen molar-refractivity contribution in [3.8, 4) is 0 Å². The Hall–Kier alpha value is -2.35. The van der Waals surface area contributed by atoms with Gasteiger partial charge in [-0.2, -0.15) is 0 Å². The first-order chi connectivity index (χ1) is 19.1. The molecule has 0 radical (unpaired) electrons. The zero-order valence-corrected chi connectivity index (χ0v) is 23.6. The molecule has 1 heterocycles. The molecule has 3 aromatic rings. The van der Waals surface area contributed by atoms with Gasteiger partial charge in [0.2, 0.25) is 0 Å². The molecule has 1 aliphatic heterocycles. The zero-order chi connectivity index (χ0) is 27.3. The van der Waals surface area contributed by atoms with Gasteiger partial charge in [0.1, 0.15) is 18.3 Å². The highest BCUT2D eigenvalue weighted by Gasteiger charge is 2.49. The fourth-order valence-corrected chi connectivity index (χ4v) is 6.45. The molecule has 0 amide bonds. The fraction of sp³-hybridized carbons (Fsp3) is 0.419. The minimum atomic E-state index is -3.41. The standard InChI is InChI=1S/C31H39O7P/c1-3-36-39(32,37-4-2)24-29-31(35-22-27-18-12-7-13-19-27)30(34-21-26-16-10-6-11-17-26)28(38-29)23-33-20-25-14-8-5-9-15-25/h5-19,28-31H,3-4,20-24H2,1-2H3/t28-,29?,30-,31-/m1/s1. The average Bonchev–Trinajstić information content (AvgIpc) is 3.27. The van der Waals surface area contributed by atoms with Gasteiger partial charge in [-0.1, -0.05) is 91.0 Å². The van der Waals surface area contributed by atoms with Crippen molar-refractivity contribution in [2.45, 2.75) is 58.1 Å². The quantitative estimate of drug-likeness (QED) is 0.190. The SMILES string of the molecule is CCOP(=O)(CC1O[C@H](COCc2ccccc2)[C@@H](OCc2ccccc2)[C@@H]1OCc1ccccc1)OCC. The number of hydrogen-bond donors (Lipinski definition) is 0. The largest absolute Gasteiger partial charge is 0.374 e. The molecule has 39 heavy (non-hydrogen) atoms. The number of rotatable bonds is 16. The molecule has 8 heteroatoms. The van der Waals surface area contributed by atoms with Crippen LogP contribution in [0, 0.1) is 0 Å². The minimum Gasteiger partial charge on any atom is -0.374 e. The molecule has 3 aromatic carbocycles. The zero-order valence-electron chi connectivity index (χ0n) is 22.7. The average molecular weight is 555 g/mol. The molecule has 7 nitrogen and oxygen atoms in total. The lowest BCUT2D eigenvalue weighted by Gasteiger charge is -2.26. The molecule has 1 saturated heterocycles. The maximum absolute atomic E-state index is 13.5. The molecule has 1 fully saturated rings. The van der Waals surface area contributed by atoms with E-state index in [9.17, 15) is 4.57 Å². The first kappa shape index (κ1) is 29.6. The van der Waals surface area contributed by atoms with Crippen LogP contribution in [0.4, 0.5) is 0 Å². The van der Waals surface area contributed by atoms with E-state index in [2.05, 4.69) is 0 Å². The highest BCUT2D eigenvalue weighted by Crippen LogP contribution is 2.50. The third-order valence-corrected chi connectivity index (χ3v) is 8.54. The Bertz CT molecular complexity index is 1120. The fourth-order valence-electron chi connectivity index (χ4n) is 4.64. The molecular formula is C31H39O7P. The monoisotopic (exact) mass is 554 g/mol. The molecular weight excluding hydrogens is 515 g/mol. The van der Waals surface area contributed by atoms with Gasteiger partial charge in [-0.05, 0) is 30.5 Å². The van der Waals surface area contributed by atoms with Crippen LogP contribution in [0.15, 0.2) is 91.0 Å². The van der Waals surface area contributed by atoms with Crippen molar-refractivity contribution < 1.29 is 32.6 Å². The lowest BCUT2D eigenvalue weighted by Crippen LogP contribution is -2.40. The Morgan fingerprint density at radius 1 is 0.641 bits per heavy atom. The second-order valence-corrected chi connectivity index (χ2v) is 11.5. The van der Waals surface area contributed by atoms with Gasteiger partial charge in [0.25, 0.3) is 0 Å². The summed E-state index contributed by atoms with van der Waals surface area (Å²) in [5.41, 5.74) is 3.14. The second kappa shape index (κ2) is 15.4. The second-order valence-electron chi connectivity index (χ2n) is 9.37. The summed E-state index contributed by atoms with van der Waals surface area (Å²) < 4.78 is 50.2. The van der Waals surface area contributed by atoms with E-state index < -0.39 is 32.0 Å². The van der Waals surface area contributed by atoms with Crippen LogP contribution in [0.1, 0.15) is 30.5 Å². The van der Waals surface area contributed by atoms with Gasteiger partial charge in [0.15, 0.2) is 0 Å². The topological polar surface area (TPSA) is 72.5 Å². The van der Waals surface area contributed by atoms with Crippen molar-refractivity contribution in [2.75, 3.05) is 26.0 Å². The first-order valence-electron chi connectivity index (χ1n) is 13.6. The van der Waals surface area contributed by atoms with Crippen LogP contribution in [0.25, 0.3) is 0 Å². The Kier molecular flexibility index (Phi) is 11.7. The van der Waals surface area contributed by atoms with E-state index >= 15 is 0 Å². The third kappa shape index (κ3) is 9.09. The summed E-state index contributed by atoms with van der Waals surface area (Å²) in [6.45, 7) is 5.64. The highest BCUT2D eigenvalue weighted by atomic mass is 31.2. The van der Waals surface area contributed by atoms with Crippen LogP contribution in [0.5, 0.6) is 0 Å². The Balaban J connectivity index is 1.54. The van der Waals surface area contributed by atoms with Gasteiger partial charge in [0.05, 0.1) is 51.9 Å². The predicted molar refractivity (Wildman–Crippen MR) is 151 cm³/mol. The molecule has 0 aromatic heterocycles. The molecule has 210 valence electrons. The van der Waals surface area contributed by atoms with E-state index in [1.54, 1.807) is 13.8 Å². The first-order valence-corrected chi connectivity index (χ1v) is 15.3. The molecule has 0 spiro atoms. The van der Waals surface area contributed by atoms with E-state index in [-0.39, 0.29) is 19.4 Å². The molecule has 0 saturated carbocycles. The predicted octanol–water partition coefficient (Wildman–Crippen LogP) is 6.41. The molecule has 0 bridgehead atoms. The number of ether oxygens (including phenoxy) is 4. The van der Waals surface area contributed by atoms with Crippen LogP contribution in [-0.4, -0.2) is 50.4 Å². The van der Waals surface area contributed by atoms with Crippen molar-refractivity contribution in [3.05, 3.63) is 108 Å². The summed E-state index contributed by atoms with van der Waals surface area (Å²) >= 11 is 0. The van der Waals surface area contributed by atoms with Crippen LogP contribution < -0.4 is 0 Å². The molecule has 4 rings (SSSR count). The van der Waals surface area contributed by atoms with Gasteiger partial charge in [0, 0.05) is 0 Å². The highest BCUT2D eigenvalue weighted by molar-refractivity contribution is 7.53. The Morgan fingerprint density at radius 3 is 1.54 bits per heavy atom. The lowest BCUT2D eigenvalue weighted by atomic mass is 10.1. The maximum Gasteiger partial charge on any atom is 0.333 e. The van der Waals surface area contributed by atoms with Crippen molar-refractivity contribution >= 4 is 7.60 Å². The van der Waals surface area contributed by atoms with Crippen molar-refractivity contribution in [2.24, 2.45) is 0 Å². The molecule has 4 atom stereocenters. The van der Waals surface area contributed by atoms with E-state index in [1.807, 2.05) is 91.0 Å². The summed E-state index contributed by atoms with van der Waals surface area (Å²) in [6.07, 6.45) is -1.89. The molecule has 0 aliphatic carbocycles. The van der Waals surface area contributed by atoms with Gasteiger partial charge in [-0.25, -0.2) is 0 Å². The van der Waals surface area contributed by atoms with E-state index in [4.69, 9.17) is 28.0 Å². The van der Waals surface area contributed by atoms with Crippen molar-refractivity contribution in [3.63, 3.8) is 0 Å². The summed E-state index contributed by atoms with van der Waals surface area (Å²) in [7, 11) is -3.41. The molecule has 1 unspecified atom stereocenters. The normalized spacial score (nSPS) is 21.3. The van der Waals surface area contributed by atoms with Crippen LogP contribution in [-0.2, 0) is 52.4 Å². The van der Waals surface area contributed by atoms with Gasteiger partial charge in [-0.3, -0.25) is 4.57 Å². The number of benzene rings is 3. The Labute approximate surface area is 231 Å². The van der Waals surface area contributed by atoms with Crippen LogP contribution >= 0.6 is 7.60 Å². The maximum atomic E-state index is 13.5. The van der Waals surface area contributed by atoms with E-state index in [0.29, 0.717) is 26.4 Å². The summed E-state index contributed by atoms with van der Waals surface area (Å²) in [6, 6.07) is 29.9. The van der Waals surface area contributed by atoms with E-state index in [1.165, 1.54) is 0 Å². The van der Waals surface area contributed by atoms with Gasteiger partial charge >= 0.3 is 7.60 Å². The molecule has 0 N–H and O–H groups in total. The minimum absolute atomic E-state index is 0.0640. The van der Waals surface area contributed by atoms with Crippen LogP contribution in [0.2, 0.25) is 0 Å². The van der Waals surface area contributed by atoms with Crippen molar-refractivity contribution in [1.82, 2.24) is 0 Å². The molecule has 1 aliphatic rings. The lowest BCUT2D eigenvalue weighted by molar-refractivity contribution is -0.0897.